The molecule has 168 valence electrons. The Labute approximate surface area is 188 Å². The van der Waals surface area contributed by atoms with Crippen LogP contribution in [0.2, 0.25) is 0 Å². The number of anilines is 2. The fraction of sp³-hybridized carbons (Fsp3) is 0.400. The Balaban J connectivity index is 1.30. The lowest BCUT2D eigenvalue weighted by molar-refractivity contribution is -0.126. The molecule has 2 aromatic carbocycles. The maximum Gasteiger partial charge on any atom is 0.227 e. The molecule has 1 saturated heterocycles. The van der Waals surface area contributed by atoms with Gasteiger partial charge in [0.05, 0.1) is 13.0 Å². The largest absolute Gasteiger partial charge is 0.497 e. The number of amides is 3. The van der Waals surface area contributed by atoms with E-state index in [0.29, 0.717) is 13.1 Å². The molecule has 2 aliphatic rings. The maximum atomic E-state index is 12.7. The lowest BCUT2D eigenvalue weighted by atomic mass is 10.1. The van der Waals surface area contributed by atoms with Crippen LogP contribution in [0.25, 0.3) is 0 Å². The third-order valence-corrected chi connectivity index (χ3v) is 6.27. The summed E-state index contributed by atoms with van der Waals surface area (Å²) >= 11 is 0. The standard InChI is InChI=1S/C25H29N3O4/c1-32-22-11-9-21(10-12-22)28-16-19(14-23(28)29)24(30)26-15-17-5-4-8-20(13-17)27-25(31)18-6-2-3-7-18/h4-5,8-13,18-19H,2-3,6-7,14-16H2,1H3,(H,26,30)(H,27,31). The molecule has 4 rings (SSSR count). The van der Waals surface area contributed by atoms with Gasteiger partial charge in [-0.15, -0.1) is 0 Å². The number of ether oxygens (including phenoxy) is 1. The lowest BCUT2D eigenvalue weighted by Crippen LogP contribution is -2.32. The molecule has 2 N–H and O–H groups in total. The first-order valence-corrected chi connectivity index (χ1v) is 11.2. The monoisotopic (exact) mass is 435 g/mol. The van der Waals surface area contributed by atoms with Crippen molar-refractivity contribution >= 4 is 29.1 Å². The molecular formula is C25H29N3O4. The van der Waals surface area contributed by atoms with Crippen LogP contribution in [0.5, 0.6) is 5.75 Å². The molecule has 1 atom stereocenters. The van der Waals surface area contributed by atoms with E-state index in [4.69, 9.17) is 4.74 Å². The van der Waals surface area contributed by atoms with Crippen molar-refractivity contribution in [2.24, 2.45) is 11.8 Å². The second-order valence-electron chi connectivity index (χ2n) is 8.49. The molecule has 1 aliphatic carbocycles. The van der Waals surface area contributed by atoms with Crippen LogP contribution < -0.4 is 20.3 Å². The third kappa shape index (κ3) is 5.10. The molecule has 0 radical (unpaired) electrons. The first-order chi connectivity index (χ1) is 15.5. The Morgan fingerprint density at radius 1 is 1.03 bits per heavy atom. The van der Waals surface area contributed by atoms with Gasteiger partial charge in [-0.2, -0.15) is 0 Å². The van der Waals surface area contributed by atoms with E-state index in [2.05, 4.69) is 10.6 Å². The van der Waals surface area contributed by atoms with E-state index in [1.165, 1.54) is 0 Å². The molecule has 2 fully saturated rings. The molecular weight excluding hydrogens is 406 g/mol. The number of carbonyl (C=O) groups is 3. The van der Waals surface area contributed by atoms with Gasteiger partial charge in [0, 0.05) is 36.8 Å². The zero-order valence-electron chi connectivity index (χ0n) is 18.3. The first-order valence-electron chi connectivity index (χ1n) is 11.2. The normalized spacial score (nSPS) is 18.6. The molecule has 1 unspecified atom stereocenters. The van der Waals surface area contributed by atoms with Gasteiger partial charge in [-0.05, 0) is 54.8 Å². The van der Waals surface area contributed by atoms with Gasteiger partial charge in [0.25, 0.3) is 0 Å². The fourth-order valence-corrected chi connectivity index (χ4v) is 4.42. The minimum atomic E-state index is -0.394. The van der Waals surface area contributed by atoms with Gasteiger partial charge in [0.15, 0.2) is 0 Å². The predicted octanol–water partition coefficient (Wildman–Crippen LogP) is 3.49. The van der Waals surface area contributed by atoms with Crippen molar-refractivity contribution in [2.75, 3.05) is 23.9 Å². The number of carbonyl (C=O) groups excluding carboxylic acids is 3. The van der Waals surface area contributed by atoms with Crippen molar-refractivity contribution in [2.45, 2.75) is 38.6 Å². The molecule has 7 nitrogen and oxygen atoms in total. The Bertz CT molecular complexity index is 983. The van der Waals surface area contributed by atoms with Crippen molar-refractivity contribution in [1.82, 2.24) is 5.32 Å². The van der Waals surface area contributed by atoms with Gasteiger partial charge in [0.2, 0.25) is 17.7 Å². The summed E-state index contributed by atoms with van der Waals surface area (Å²) in [5, 5.41) is 5.93. The van der Waals surface area contributed by atoms with Gasteiger partial charge in [0.1, 0.15) is 5.75 Å². The molecule has 7 heteroatoms. The number of nitrogens with zero attached hydrogens (tertiary/aromatic N) is 1. The zero-order valence-corrected chi connectivity index (χ0v) is 18.3. The summed E-state index contributed by atoms with van der Waals surface area (Å²) in [5.74, 6) is 0.298. The van der Waals surface area contributed by atoms with Crippen LogP contribution in [0.4, 0.5) is 11.4 Å². The highest BCUT2D eigenvalue weighted by atomic mass is 16.5. The van der Waals surface area contributed by atoms with Crippen LogP contribution in [0.15, 0.2) is 48.5 Å². The number of hydrogen-bond acceptors (Lipinski definition) is 4. The van der Waals surface area contributed by atoms with Crippen molar-refractivity contribution in [1.29, 1.82) is 0 Å². The van der Waals surface area contributed by atoms with E-state index < -0.39 is 5.92 Å². The molecule has 1 aliphatic heterocycles. The van der Waals surface area contributed by atoms with Crippen LogP contribution in [0, 0.1) is 11.8 Å². The summed E-state index contributed by atoms with van der Waals surface area (Å²) in [7, 11) is 1.59. The molecule has 1 saturated carbocycles. The summed E-state index contributed by atoms with van der Waals surface area (Å²) in [4.78, 5) is 39.1. The van der Waals surface area contributed by atoms with Gasteiger partial charge in [-0.3, -0.25) is 14.4 Å². The summed E-state index contributed by atoms with van der Waals surface area (Å²) in [6.07, 6.45) is 4.33. The van der Waals surface area contributed by atoms with Gasteiger partial charge >= 0.3 is 0 Å². The van der Waals surface area contributed by atoms with Crippen LogP contribution in [-0.4, -0.2) is 31.4 Å². The summed E-state index contributed by atoms with van der Waals surface area (Å²) in [6.45, 7) is 0.702. The number of hydrogen-bond donors (Lipinski definition) is 2. The topological polar surface area (TPSA) is 87.7 Å². The molecule has 0 aromatic heterocycles. The van der Waals surface area contributed by atoms with Crippen molar-refractivity contribution in [3.05, 3.63) is 54.1 Å². The minimum absolute atomic E-state index is 0.0630. The minimum Gasteiger partial charge on any atom is -0.497 e. The van der Waals surface area contributed by atoms with Gasteiger partial charge in [-0.25, -0.2) is 0 Å². The maximum absolute atomic E-state index is 12.7. The van der Waals surface area contributed by atoms with Crippen LogP contribution >= 0.6 is 0 Å². The first kappa shape index (κ1) is 21.9. The molecule has 0 spiro atoms. The van der Waals surface area contributed by atoms with Crippen molar-refractivity contribution in [3.8, 4) is 5.75 Å². The Kier molecular flexibility index (Phi) is 6.73. The molecule has 0 bridgehead atoms. The Morgan fingerprint density at radius 2 is 1.78 bits per heavy atom. The Morgan fingerprint density at radius 3 is 2.50 bits per heavy atom. The summed E-state index contributed by atoms with van der Waals surface area (Å²) in [5.41, 5.74) is 2.41. The average molecular weight is 436 g/mol. The van der Waals surface area contributed by atoms with Crippen LogP contribution in [-0.2, 0) is 20.9 Å². The molecule has 2 aromatic rings. The van der Waals surface area contributed by atoms with E-state index in [1.54, 1.807) is 24.1 Å². The smallest absolute Gasteiger partial charge is 0.227 e. The van der Waals surface area contributed by atoms with E-state index in [-0.39, 0.29) is 30.1 Å². The quantitative estimate of drug-likeness (QED) is 0.697. The van der Waals surface area contributed by atoms with E-state index in [1.807, 2.05) is 36.4 Å². The number of benzene rings is 2. The second kappa shape index (κ2) is 9.85. The highest BCUT2D eigenvalue weighted by Crippen LogP contribution is 2.28. The zero-order chi connectivity index (χ0) is 22.5. The van der Waals surface area contributed by atoms with Crippen molar-refractivity contribution in [3.63, 3.8) is 0 Å². The number of nitrogens with one attached hydrogen (secondary N) is 2. The average Bonchev–Trinajstić information content (AvgIpc) is 3.48. The number of rotatable bonds is 7. The van der Waals surface area contributed by atoms with Gasteiger partial charge in [-0.1, -0.05) is 25.0 Å². The van der Waals surface area contributed by atoms with Crippen LogP contribution in [0.1, 0.15) is 37.7 Å². The SMILES string of the molecule is COc1ccc(N2CC(C(=O)NCc3cccc(NC(=O)C4CCCC4)c3)CC2=O)cc1. The second-order valence-corrected chi connectivity index (χ2v) is 8.49. The molecule has 3 amide bonds. The lowest BCUT2D eigenvalue weighted by Gasteiger charge is -2.17. The van der Waals surface area contributed by atoms with Gasteiger partial charge < -0.3 is 20.3 Å². The predicted molar refractivity (Wildman–Crippen MR) is 122 cm³/mol. The summed E-state index contributed by atoms with van der Waals surface area (Å²) in [6, 6.07) is 14.8. The fourth-order valence-electron chi connectivity index (χ4n) is 4.42. The van der Waals surface area contributed by atoms with E-state index >= 15 is 0 Å². The highest BCUT2D eigenvalue weighted by Gasteiger charge is 2.35. The molecule has 1 heterocycles. The highest BCUT2D eigenvalue weighted by molar-refractivity contribution is 6.00. The number of methoxy groups -OCH3 is 1. The van der Waals surface area contributed by atoms with Crippen molar-refractivity contribution < 1.29 is 19.1 Å². The van der Waals surface area contributed by atoms with E-state index in [0.717, 1.165) is 48.4 Å². The summed E-state index contributed by atoms with van der Waals surface area (Å²) < 4.78 is 5.16. The van der Waals surface area contributed by atoms with Crippen LogP contribution in [0.3, 0.4) is 0 Å². The van der Waals surface area contributed by atoms with E-state index in [9.17, 15) is 14.4 Å². The molecule has 32 heavy (non-hydrogen) atoms. The Hall–Kier alpha value is -3.35. The third-order valence-electron chi connectivity index (χ3n) is 6.27.